The minimum atomic E-state index is 0.0805. The Kier molecular flexibility index (Phi) is 5.25. The summed E-state index contributed by atoms with van der Waals surface area (Å²) in [4.78, 5) is 19.7. The predicted octanol–water partition coefficient (Wildman–Crippen LogP) is 1.78. The Labute approximate surface area is 144 Å². The highest BCUT2D eigenvalue weighted by Crippen LogP contribution is 2.26. The summed E-state index contributed by atoms with van der Waals surface area (Å²) in [6.45, 7) is 12.3. The minimum absolute atomic E-state index is 0.0805. The highest BCUT2D eigenvalue weighted by atomic mass is 16.5. The van der Waals surface area contributed by atoms with E-state index in [-0.39, 0.29) is 5.91 Å². The van der Waals surface area contributed by atoms with Gasteiger partial charge in [0.25, 0.3) is 5.91 Å². The number of likely N-dealkylation sites (N-methyl/N-ethyl adjacent to an activating group) is 1. The lowest BCUT2D eigenvalue weighted by Crippen LogP contribution is -2.52. The van der Waals surface area contributed by atoms with Crippen molar-refractivity contribution in [2.75, 3.05) is 46.3 Å². The van der Waals surface area contributed by atoms with Crippen molar-refractivity contribution in [2.24, 2.45) is 5.92 Å². The summed E-state index contributed by atoms with van der Waals surface area (Å²) in [7, 11) is 2.20. The van der Waals surface area contributed by atoms with Crippen molar-refractivity contribution in [1.29, 1.82) is 0 Å². The Morgan fingerprint density at radius 2 is 1.75 bits per heavy atom. The van der Waals surface area contributed by atoms with Crippen LogP contribution in [0, 0.1) is 19.8 Å². The van der Waals surface area contributed by atoms with Gasteiger partial charge in [-0.05, 0) is 46.6 Å². The van der Waals surface area contributed by atoms with Crippen LogP contribution in [0.5, 0.6) is 0 Å². The lowest BCUT2D eigenvalue weighted by molar-refractivity contribution is 0.0499. The van der Waals surface area contributed by atoms with Crippen molar-refractivity contribution in [3.8, 4) is 0 Å². The summed E-state index contributed by atoms with van der Waals surface area (Å²) in [6, 6.07) is 0.606. The van der Waals surface area contributed by atoms with Gasteiger partial charge < -0.3 is 14.3 Å². The standard InChI is InChI=1S/C18H30N4O2/c1-13-17(15(3)24-19-13)18(23)22-7-5-16(6-8-22)14(2)21-11-9-20(4)10-12-21/h14,16H,5-12H2,1-4H3/t14-/m1/s1. The van der Waals surface area contributed by atoms with Crippen LogP contribution in [0.4, 0.5) is 0 Å². The molecule has 0 radical (unpaired) electrons. The molecule has 2 fully saturated rings. The lowest BCUT2D eigenvalue weighted by atomic mass is 9.88. The van der Waals surface area contributed by atoms with Crippen molar-refractivity contribution in [1.82, 2.24) is 19.9 Å². The number of amides is 1. The Morgan fingerprint density at radius 3 is 2.29 bits per heavy atom. The third-order valence-electron chi connectivity index (χ3n) is 5.87. The highest BCUT2D eigenvalue weighted by Gasteiger charge is 2.32. The van der Waals surface area contributed by atoms with E-state index in [0.717, 1.165) is 52.1 Å². The van der Waals surface area contributed by atoms with Gasteiger partial charge in [0, 0.05) is 45.3 Å². The van der Waals surface area contributed by atoms with Gasteiger partial charge >= 0.3 is 0 Å². The molecule has 0 saturated carbocycles. The average Bonchev–Trinajstić information content (AvgIpc) is 2.93. The molecule has 0 unspecified atom stereocenters. The molecule has 0 N–H and O–H groups in total. The fourth-order valence-electron chi connectivity index (χ4n) is 4.06. The molecular weight excluding hydrogens is 304 g/mol. The van der Waals surface area contributed by atoms with E-state index in [1.807, 2.05) is 18.7 Å². The van der Waals surface area contributed by atoms with Gasteiger partial charge in [0.05, 0.1) is 5.69 Å². The zero-order chi connectivity index (χ0) is 17.3. The maximum absolute atomic E-state index is 12.7. The van der Waals surface area contributed by atoms with Crippen molar-refractivity contribution >= 4 is 5.91 Å². The molecule has 1 amide bonds. The van der Waals surface area contributed by atoms with Gasteiger partial charge in [-0.25, -0.2) is 0 Å². The fraction of sp³-hybridized carbons (Fsp3) is 0.778. The van der Waals surface area contributed by atoms with Crippen LogP contribution in [0.3, 0.4) is 0 Å². The molecule has 6 heteroatoms. The predicted molar refractivity (Wildman–Crippen MR) is 93.1 cm³/mol. The largest absolute Gasteiger partial charge is 0.361 e. The average molecular weight is 334 g/mol. The summed E-state index contributed by atoms with van der Waals surface area (Å²) >= 11 is 0. The first kappa shape index (κ1) is 17.4. The second-order valence-corrected chi connectivity index (χ2v) is 7.41. The zero-order valence-corrected chi connectivity index (χ0v) is 15.4. The van der Waals surface area contributed by atoms with E-state index < -0.39 is 0 Å². The second kappa shape index (κ2) is 7.23. The molecular formula is C18H30N4O2. The third-order valence-corrected chi connectivity index (χ3v) is 5.87. The molecule has 6 nitrogen and oxygen atoms in total. The summed E-state index contributed by atoms with van der Waals surface area (Å²) in [5.74, 6) is 1.39. The number of likely N-dealkylation sites (tertiary alicyclic amines) is 1. The Balaban J connectivity index is 1.55. The topological polar surface area (TPSA) is 52.8 Å². The molecule has 2 aliphatic heterocycles. The molecule has 3 rings (SSSR count). The molecule has 2 saturated heterocycles. The quantitative estimate of drug-likeness (QED) is 0.843. The number of aromatic nitrogens is 1. The fourth-order valence-corrected chi connectivity index (χ4v) is 4.06. The second-order valence-electron chi connectivity index (χ2n) is 7.41. The number of piperazine rings is 1. The van der Waals surface area contributed by atoms with E-state index in [1.165, 1.54) is 0 Å². The SMILES string of the molecule is Cc1noc(C)c1C(=O)N1CCC([C@@H](C)N2CCN(C)CC2)CC1. The Hall–Kier alpha value is -1.40. The number of aryl methyl sites for hydroxylation is 2. The van der Waals surface area contributed by atoms with E-state index >= 15 is 0 Å². The van der Waals surface area contributed by atoms with Crippen LogP contribution in [0.25, 0.3) is 0 Å². The van der Waals surface area contributed by atoms with Crippen molar-refractivity contribution < 1.29 is 9.32 Å². The molecule has 1 atom stereocenters. The van der Waals surface area contributed by atoms with E-state index in [9.17, 15) is 4.79 Å². The molecule has 1 aromatic heterocycles. The Morgan fingerprint density at radius 1 is 1.12 bits per heavy atom. The first-order valence-corrected chi connectivity index (χ1v) is 9.12. The van der Waals surface area contributed by atoms with E-state index in [0.29, 0.717) is 29.0 Å². The summed E-state index contributed by atoms with van der Waals surface area (Å²) in [6.07, 6.45) is 2.17. The van der Waals surface area contributed by atoms with Gasteiger partial charge in [0.1, 0.15) is 11.3 Å². The van der Waals surface area contributed by atoms with Gasteiger partial charge in [-0.1, -0.05) is 5.16 Å². The van der Waals surface area contributed by atoms with Gasteiger partial charge in [-0.2, -0.15) is 0 Å². The van der Waals surface area contributed by atoms with Crippen LogP contribution in [0.2, 0.25) is 0 Å². The molecule has 0 aromatic carbocycles. The number of carbonyl (C=O) groups excluding carboxylic acids is 1. The normalized spacial score (nSPS) is 22.8. The number of carbonyl (C=O) groups is 1. The number of piperidine rings is 1. The molecule has 0 spiro atoms. The van der Waals surface area contributed by atoms with Gasteiger partial charge in [-0.15, -0.1) is 0 Å². The third kappa shape index (κ3) is 3.49. The number of nitrogens with zero attached hydrogens (tertiary/aromatic N) is 4. The number of rotatable bonds is 3. The maximum Gasteiger partial charge on any atom is 0.259 e. The smallest absolute Gasteiger partial charge is 0.259 e. The monoisotopic (exact) mass is 334 g/mol. The molecule has 134 valence electrons. The zero-order valence-electron chi connectivity index (χ0n) is 15.4. The minimum Gasteiger partial charge on any atom is -0.361 e. The number of hydrogen-bond donors (Lipinski definition) is 0. The first-order chi connectivity index (χ1) is 11.5. The molecule has 0 bridgehead atoms. The highest BCUT2D eigenvalue weighted by molar-refractivity contribution is 5.96. The summed E-state index contributed by atoms with van der Waals surface area (Å²) in [5, 5.41) is 3.91. The van der Waals surface area contributed by atoms with E-state index in [1.54, 1.807) is 0 Å². The lowest BCUT2D eigenvalue weighted by Gasteiger charge is -2.42. The summed E-state index contributed by atoms with van der Waals surface area (Å²) < 4.78 is 5.15. The molecule has 2 aliphatic rings. The van der Waals surface area contributed by atoms with Crippen molar-refractivity contribution in [3.63, 3.8) is 0 Å². The molecule has 0 aliphatic carbocycles. The first-order valence-electron chi connectivity index (χ1n) is 9.12. The van der Waals surface area contributed by atoms with Crippen LogP contribution >= 0.6 is 0 Å². The summed E-state index contributed by atoms with van der Waals surface area (Å²) in [5.41, 5.74) is 1.35. The van der Waals surface area contributed by atoms with E-state index in [2.05, 4.69) is 28.9 Å². The van der Waals surface area contributed by atoms with Crippen molar-refractivity contribution in [2.45, 2.75) is 39.7 Å². The maximum atomic E-state index is 12.7. The van der Waals surface area contributed by atoms with Gasteiger partial charge in [-0.3, -0.25) is 9.69 Å². The van der Waals surface area contributed by atoms with Gasteiger partial charge in [0.2, 0.25) is 0 Å². The van der Waals surface area contributed by atoms with Crippen LogP contribution in [-0.4, -0.2) is 78.1 Å². The van der Waals surface area contributed by atoms with Crippen molar-refractivity contribution in [3.05, 3.63) is 17.0 Å². The van der Waals surface area contributed by atoms with Crippen LogP contribution in [0.1, 0.15) is 41.6 Å². The van der Waals surface area contributed by atoms with Crippen LogP contribution < -0.4 is 0 Å². The van der Waals surface area contributed by atoms with E-state index in [4.69, 9.17) is 4.52 Å². The molecule has 1 aromatic rings. The number of hydrogen-bond acceptors (Lipinski definition) is 5. The Bertz CT molecular complexity index is 550. The molecule has 3 heterocycles. The van der Waals surface area contributed by atoms with Crippen LogP contribution in [-0.2, 0) is 0 Å². The van der Waals surface area contributed by atoms with Gasteiger partial charge in [0.15, 0.2) is 0 Å². The molecule has 24 heavy (non-hydrogen) atoms. The van der Waals surface area contributed by atoms with Crippen LogP contribution in [0.15, 0.2) is 4.52 Å².